The lowest BCUT2D eigenvalue weighted by Crippen LogP contribution is -2.14. The molecular weight excluding hydrogens is 319 g/mol. The summed E-state index contributed by atoms with van der Waals surface area (Å²) in [7, 11) is 0. The van der Waals surface area contributed by atoms with E-state index in [-0.39, 0.29) is 5.82 Å². The van der Waals surface area contributed by atoms with E-state index in [1.807, 2.05) is 30.3 Å². The molecule has 20 heavy (non-hydrogen) atoms. The lowest BCUT2D eigenvalue weighted by atomic mass is 9.99. The Morgan fingerprint density at radius 2 is 1.90 bits per heavy atom. The Hall–Kier alpha value is -1.78. The molecule has 0 amide bonds. The fourth-order valence-electron chi connectivity index (χ4n) is 2.23. The van der Waals surface area contributed by atoms with Crippen molar-refractivity contribution in [2.75, 3.05) is 0 Å². The molecule has 100 valence electrons. The van der Waals surface area contributed by atoms with Gasteiger partial charge in [-0.1, -0.05) is 40.2 Å². The zero-order valence-corrected chi connectivity index (χ0v) is 12.1. The molecule has 1 atom stereocenters. The molecule has 0 aliphatic heterocycles. The van der Waals surface area contributed by atoms with Gasteiger partial charge in [0.2, 0.25) is 0 Å². The lowest BCUT2D eigenvalue weighted by molar-refractivity contribution is 0.597. The molecule has 2 N–H and O–H groups in total. The number of para-hydroxylation sites is 1. The van der Waals surface area contributed by atoms with Crippen LogP contribution in [0.25, 0.3) is 10.9 Å². The van der Waals surface area contributed by atoms with Crippen molar-refractivity contribution in [1.29, 1.82) is 0 Å². The SMILES string of the molecule is NC(c1cnc2ccccc2c1)c1c(F)cccc1Br. The van der Waals surface area contributed by atoms with Crippen molar-refractivity contribution >= 4 is 26.8 Å². The van der Waals surface area contributed by atoms with Crippen molar-refractivity contribution in [2.45, 2.75) is 6.04 Å². The van der Waals surface area contributed by atoms with Gasteiger partial charge < -0.3 is 5.73 Å². The van der Waals surface area contributed by atoms with Gasteiger partial charge in [-0.05, 0) is 29.8 Å². The van der Waals surface area contributed by atoms with E-state index in [0.29, 0.717) is 10.0 Å². The van der Waals surface area contributed by atoms with Crippen molar-refractivity contribution in [3.63, 3.8) is 0 Å². The van der Waals surface area contributed by atoms with E-state index in [2.05, 4.69) is 20.9 Å². The molecule has 1 unspecified atom stereocenters. The largest absolute Gasteiger partial charge is 0.320 e. The summed E-state index contributed by atoms with van der Waals surface area (Å²) in [5.74, 6) is -0.319. The smallest absolute Gasteiger partial charge is 0.129 e. The van der Waals surface area contributed by atoms with Crippen LogP contribution in [-0.4, -0.2) is 4.98 Å². The van der Waals surface area contributed by atoms with Crippen LogP contribution in [0.4, 0.5) is 4.39 Å². The predicted molar refractivity (Wildman–Crippen MR) is 81.9 cm³/mol. The first-order valence-electron chi connectivity index (χ1n) is 6.21. The van der Waals surface area contributed by atoms with Crippen LogP contribution < -0.4 is 5.73 Å². The number of fused-ring (bicyclic) bond motifs is 1. The number of halogens is 2. The van der Waals surface area contributed by atoms with E-state index >= 15 is 0 Å². The van der Waals surface area contributed by atoms with Crippen molar-refractivity contribution in [1.82, 2.24) is 4.98 Å². The van der Waals surface area contributed by atoms with Gasteiger partial charge in [0.15, 0.2) is 0 Å². The maximum Gasteiger partial charge on any atom is 0.129 e. The molecule has 0 fully saturated rings. The molecule has 0 radical (unpaired) electrons. The van der Waals surface area contributed by atoms with Crippen molar-refractivity contribution in [2.24, 2.45) is 5.73 Å². The summed E-state index contributed by atoms with van der Waals surface area (Å²) in [4.78, 5) is 4.37. The molecule has 2 nitrogen and oxygen atoms in total. The topological polar surface area (TPSA) is 38.9 Å². The van der Waals surface area contributed by atoms with E-state index in [0.717, 1.165) is 16.5 Å². The second kappa shape index (κ2) is 5.31. The Morgan fingerprint density at radius 3 is 2.70 bits per heavy atom. The number of nitrogens with zero attached hydrogens (tertiary/aromatic N) is 1. The Kier molecular flexibility index (Phi) is 3.51. The third kappa shape index (κ3) is 2.32. The van der Waals surface area contributed by atoms with Gasteiger partial charge in [0.25, 0.3) is 0 Å². The number of aromatic nitrogens is 1. The first kappa shape index (κ1) is 13.2. The van der Waals surface area contributed by atoms with Crippen LogP contribution in [0.2, 0.25) is 0 Å². The Morgan fingerprint density at radius 1 is 1.10 bits per heavy atom. The normalized spacial score (nSPS) is 12.6. The van der Waals surface area contributed by atoms with E-state index in [1.54, 1.807) is 18.3 Å². The molecule has 0 spiro atoms. The second-order valence-electron chi connectivity index (χ2n) is 4.57. The molecule has 0 aliphatic rings. The average Bonchev–Trinajstić information content (AvgIpc) is 2.46. The highest BCUT2D eigenvalue weighted by molar-refractivity contribution is 9.10. The summed E-state index contributed by atoms with van der Waals surface area (Å²) in [6.07, 6.45) is 1.70. The quantitative estimate of drug-likeness (QED) is 0.765. The zero-order valence-electron chi connectivity index (χ0n) is 10.6. The number of nitrogens with two attached hydrogens (primary N) is 1. The maximum atomic E-state index is 14.0. The van der Waals surface area contributed by atoms with Gasteiger partial charge in [-0.25, -0.2) is 4.39 Å². The molecule has 1 heterocycles. The highest BCUT2D eigenvalue weighted by atomic mass is 79.9. The van der Waals surface area contributed by atoms with Crippen LogP contribution in [0.5, 0.6) is 0 Å². The highest BCUT2D eigenvalue weighted by Crippen LogP contribution is 2.29. The summed E-state index contributed by atoms with van der Waals surface area (Å²) in [5.41, 5.74) is 8.33. The summed E-state index contributed by atoms with van der Waals surface area (Å²) in [5, 5.41) is 0.993. The third-order valence-corrected chi connectivity index (χ3v) is 3.97. The first-order chi connectivity index (χ1) is 9.66. The molecule has 2 aromatic carbocycles. The molecule has 0 bridgehead atoms. The molecule has 0 aliphatic carbocycles. The van der Waals surface area contributed by atoms with Crippen LogP contribution in [0, 0.1) is 5.82 Å². The van der Waals surface area contributed by atoms with Crippen LogP contribution in [0.1, 0.15) is 17.2 Å². The van der Waals surface area contributed by atoms with Gasteiger partial charge in [-0.2, -0.15) is 0 Å². The van der Waals surface area contributed by atoms with Crippen LogP contribution in [0.15, 0.2) is 59.2 Å². The Bertz CT molecular complexity index is 753. The maximum absolute atomic E-state index is 14.0. The molecule has 3 aromatic rings. The van der Waals surface area contributed by atoms with Crippen LogP contribution in [0.3, 0.4) is 0 Å². The average molecular weight is 331 g/mol. The minimum Gasteiger partial charge on any atom is -0.320 e. The van der Waals surface area contributed by atoms with E-state index < -0.39 is 6.04 Å². The standard InChI is InChI=1S/C16H12BrFN2/c17-12-5-3-6-13(18)15(12)16(19)11-8-10-4-1-2-7-14(10)20-9-11/h1-9,16H,19H2. The van der Waals surface area contributed by atoms with Crippen LogP contribution in [-0.2, 0) is 0 Å². The van der Waals surface area contributed by atoms with Gasteiger partial charge in [0, 0.05) is 21.6 Å². The first-order valence-corrected chi connectivity index (χ1v) is 7.00. The van der Waals surface area contributed by atoms with Gasteiger partial charge in [0.05, 0.1) is 11.6 Å². The highest BCUT2D eigenvalue weighted by Gasteiger charge is 2.17. The fourth-order valence-corrected chi connectivity index (χ4v) is 2.82. The van der Waals surface area contributed by atoms with E-state index in [1.165, 1.54) is 6.07 Å². The van der Waals surface area contributed by atoms with Gasteiger partial charge in [0.1, 0.15) is 5.82 Å². The molecular formula is C16H12BrFN2. The van der Waals surface area contributed by atoms with Crippen LogP contribution >= 0.6 is 15.9 Å². The van der Waals surface area contributed by atoms with Gasteiger partial charge in [-0.3, -0.25) is 4.98 Å². The van der Waals surface area contributed by atoms with E-state index in [4.69, 9.17) is 5.73 Å². The van der Waals surface area contributed by atoms with Gasteiger partial charge >= 0.3 is 0 Å². The molecule has 0 saturated carbocycles. The molecule has 3 rings (SSSR count). The van der Waals surface area contributed by atoms with Crippen molar-refractivity contribution in [3.05, 3.63) is 76.1 Å². The number of pyridine rings is 1. The number of benzene rings is 2. The summed E-state index contributed by atoms with van der Waals surface area (Å²) >= 11 is 3.35. The van der Waals surface area contributed by atoms with Gasteiger partial charge in [-0.15, -0.1) is 0 Å². The molecule has 0 saturated heterocycles. The lowest BCUT2D eigenvalue weighted by Gasteiger charge is -2.15. The third-order valence-electron chi connectivity index (χ3n) is 3.28. The van der Waals surface area contributed by atoms with E-state index in [9.17, 15) is 4.39 Å². The minimum absolute atomic E-state index is 0.319. The monoisotopic (exact) mass is 330 g/mol. The second-order valence-corrected chi connectivity index (χ2v) is 5.43. The number of rotatable bonds is 2. The minimum atomic E-state index is -0.553. The van der Waals surface area contributed by atoms with Crippen molar-refractivity contribution < 1.29 is 4.39 Å². The Balaban J connectivity index is 2.10. The molecule has 4 heteroatoms. The zero-order chi connectivity index (χ0) is 14.1. The number of hydrogen-bond acceptors (Lipinski definition) is 2. The summed E-state index contributed by atoms with van der Waals surface area (Å²) in [6, 6.07) is 14.0. The molecule has 1 aromatic heterocycles. The summed E-state index contributed by atoms with van der Waals surface area (Å²) < 4.78 is 14.6. The Labute approximate surface area is 124 Å². The number of hydrogen-bond donors (Lipinski definition) is 1. The van der Waals surface area contributed by atoms with Crippen molar-refractivity contribution in [3.8, 4) is 0 Å². The predicted octanol–water partition coefficient (Wildman–Crippen LogP) is 4.18. The fraction of sp³-hybridized carbons (Fsp3) is 0.0625. The summed E-state index contributed by atoms with van der Waals surface area (Å²) in [6.45, 7) is 0.